The zero-order chi connectivity index (χ0) is 23.9. The molecule has 4 rings (SSSR count). The SMILES string of the molecule is Cc1ccc(Cn2c(Cc3cc(OC(F)(F)F)ccc3F)nc3c2c(=O)[nH]c(=O)n3C)cc1. The molecule has 0 fully saturated rings. The van der Waals surface area contributed by atoms with E-state index in [9.17, 15) is 27.2 Å². The summed E-state index contributed by atoms with van der Waals surface area (Å²) in [6, 6.07) is 10.1. The normalized spacial score (nSPS) is 11.8. The van der Waals surface area contributed by atoms with Crippen molar-refractivity contribution >= 4 is 11.2 Å². The third-order valence-corrected chi connectivity index (χ3v) is 5.15. The number of hydrogen-bond acceptors (Lipinski definition) is 4. The summed E-state index contributed by atoms with van der Waals surface area (Å²) in [6.45, 7) is 2.09. The molecule has 0 radical (unpaired) electrons. The van der Waals surface area contributed by atoms with Gasteiger partial charge in [-0.3, -0.25) is 14.3 Å². The molecule has 0 aliphatic carbocycles. The van der Waals surface area contributed by atoms with Crippen molar-refractivity contribution < 1.29 is 22.3 Å². The smallest absolute Gasteiger partial charge is 0.406 e. The highest BCUT2D eigenvalue weighted by molar-refractivity contribution is 5.71. The Balaban J connectivity index is 1.85. The fourth-order valence-electron chi connectivity index (χ4n) is 3.52. The molecule has 4 aromatic rings. The highest BCUT2D eigenvalue weighted by Gasteiger charge is 2.31. The Morgan fingerprint density at radius 3 is 2.45 bits per heavy atom. The molecule has 0 aliphatic rings. The number of aromatic nitrogens is 4. The Hall–Kier alpha value is -3.89. The Labute approximate surface area is 183 Å². The molecule has 0 aliphatic heterocycles. The van der Waals surface area contributed by atoms with Crippen LogP contribution < -0.4 is 16.0 Å². The van der Waals surface area contributed by atoms with Gasteiger partial charge in [0.2, 0.25) is 0 Å². The van der Waals surface area contributed by atoms with Crippen LogP contribution in [0.5, 0.6) is 5.75 Å². The van der Waals surface area contributed by atoms with Crippen molar-refractivity contribution in [3.8, 4) is 5.75 Å². The molecular formula is C22H18F4N4O3. The van der Waals surface area contributed by atoms with Gasteiger partial charge in [0.05, 0.1) is 0 Å². The summed E-state index contributed by atoms with van der Waals surface area (Å²) < 4.78 is 58.8. The molecule has 172 valence electrons. The number of aromatic amines is 1. The third-order valence-electron chi connectivity index (χ3n) is 5.15. The highest BCUT2D eigenvalue weighted by Crippen LogP contribution is 2.26. The number of ether oxygens (including phenoxy) is 1. The summed E-state index contributed by atoms with van der Waals surface area (Å²) in [7, 11) is 1.42. The number of alkyl halides is 3. The number of hydrogen-bond donors (Lipinski definition) is 1. The first-order valence-corrected chi connectivity index (χ1v) is 9.80. The Morgan fingerprint density at radius 2 is 1.79 bits per heavy atom. The van der Waals surface area contributed by atoms with Crippen LogP contribution in [0.1, 0.15) is 22.5 Å². The van der Waals surface area contributed by atoms with Gasteiger partial charge in [-0.1, -0.05) is 29.8 Å². The third kappa shape index (κ3) is 4.66. The van der Waals surface area contributed by atoms with Crippen molar-refractivity contribution in [1.82, 2.24) is 19.1 Å². The molecule has 0 amide bonds. The van der Waals surface area contributed by atoms with Gasteiger partial charge < -0.3 is 9.30 Å². The van der Waals surface area contributed by atoms with Crippen LogP contribution in [-0.2, 0) is 20.0 Å². The van der Waals surface area contributed by atoms with Gasteiger partial charge >= 0.3 is 12.1 Å². The van der Waals surface area contributed by atoms with Crippen LogP contribution in [0.25, 0.3) is 11.2 Å². The first-order valence-electron chi connectivity index (χ1n) is 9.80. The zero-order valence-corrected chi connectivity index (χ0v) is 17.5. The van der Waals surface area contributed by atoms with E-state index in [0.29, 0.717) is 0 Å². The quantitative estimate of drug-likeness (QED) is 0.461. The first kappa shape index (κ1) is 22.3. The van der Waals surface area contributed by atoms with Gasteiger partial charge in [-0.25, -0.2) is 14.2 Å². The van der Waals surface area contributed by atoms with E-state index in [1.807, 2.05) is 31.2 Å². The topological polar surface area (TPSA) is 81.9 Å². The summed E-state index contributed by atoms with van der Waals surface area (Å²) in [6.07, 6.45) is -5.17. The average Bonchev–Trinajstić information content (AvgIpc) is 3.08. The number of aryl methyl sites for hydroxylation is 2. The fraction of sp³-hybridized carbons (Fsp3) is 0.227. The number of nitrogens with one attached hydrogen (secondary N) is 1. The average molecular weight is 462 g/mol. The largest absolute Gasteiger partial charge is 0.573 e. The van der Waals surface area contributed by atoms with Crippen LogP contribution in [-0.4, -0.2) is 25.5 Å². The number of fused-ring (bicyclic) bond motifs is 1. The van der Waals surface area contributed by atoms with E-state index in [4.69, 9.17) is 0 Å². The predicted octanol–water partition coefficient (Wildman–Crippen LogP) is 3.41. The van der Waals surface area contributed by atoms with Crippen LogP contribution >= 0.6 is 0 Å². The molecule has 0 spiro atoms. The Kier molecular flexibility index (Phi) is 5.56. The molecule has 7 nitrogen and oxygen atoms in total. The summed E-state index contributed by atoms with van der Waals surface area (Å²) >= 11 is 0. The number of imidazole rings is 1. The monoisotopic (exact) mass is 462 g/mol. The van der Waals surface area contributed by atoms with Crippen molar-refractivity contribution in [3.05, 3.63) is 91.6 Å². The van der Waals surface area contributed by atoms with Crippen molar-refractivity contribution in [1.29, 1.82) is 0 Å². The molecule has 33 heavy (non-hydrogen) atoms. The second kappa shape index (κ2) is 8.23. The van der Waals surface area contributed by atoms with Gasteiger partial charge in [0.15, 0.2) is 11.2 Å². The minimum absolute atomic E-state index is 0.0777. The molecule has 0 atom stereocenters. The fourth-order valence-corrected chi connectivity index (χ4v) is 3.52. The van der Waals surface area contributed by atoms with Crippen molar-refractivity contribution in [3.63, 3.8) is 0 Å². The van der Waals surface area contributed by atoms with Crippen LogP contribution in [0.2, 0.25) is 0 Å². The van der Waals surface area contributed by atoms with Crippen LogP contribution in [0, 0.1) is 12.7 Å². The van der Waals surface area contributed by atoms with E-state index < -0.39 is 29.2 Å². The lowest BCUT2D eigenvalue weighted by molar-refractivity contribution is -0.274. The van der Waals surface area contributed by atoms with Gasteiger partial charge in [0.1, 0.15) is 17.4 Å². The molecule has 1 N–H and O–H groups in total. The molecular weight excluding hydrogens is 444 g/mol. The van der Waals surface area contributed by atoms with Crippen molar-refractivity contribution in [2.75, 3.05) is 0 Å². The van der Waals surface area contributed by atoms with Crippen molar-refractivity contribution in [2.45, 2.75) is 26.3 Å². The highest BCUT2D eigenvalue weighted by atomic mass is 19.4. The van der Waals surface area contributed by atoms with E-state index in [0.717, 1.165) is 33.9 Å². The van der Waals surface area contributed by atoms with E-state index >= 15 is 0 Å². The van der Waals surface area contributed by atoms with E-state index in [1.54, 1.807) is 0 Å². The molecule has 0 saturated carbocycles. The van der Waals surface area contributed by atoms with Gasteiger partial charge in [-0.2, -0.15) is 0 Å². The Morgan fingerprint density at radius 1 is 1.09 bits per heavy atom. The molecule has 0 bridgehead atoms. The lowest BCUT2D eigenvalue weighted by atomic mass is 10.1. The van der Waals surface area contributed by atoms with E-state index in [-0.39, 0.29) is 35.5 Å². The van der Waals surface area contributed by atoms with E-state index in [2.05, 4.69) is 14.7 Å². The van der Waals surface area contributed by atoms with Gasteiger partial charge in [0.25, 0.3) is 5.56 Å². The maximum Gasteiger partial charge on any atom is 0.573 e. The zero-order valence-electron chi connectivity index (χ0n) is 17.5. The molecule has 0 saturated heterocycles. The molecule has 11 heteroatoms. The minimum atomic E-state index is -4.93. The minimum Gasteiger partial charge on any atom is -0.406 e. The Bertz CT molecular complexity index is 1450. The number of benzene rings is 2. The lowest BCUT2D eigenvalue weighted by Gasteiger charge is -2.12. The second-order valence-corrected chi connectivity index (χ2v) is 7.57. The number of H-pyrrole nitrogens is 1. The van der Waals surface area contributed by atoms with Crippen molar-refractivity contribution in [2.24, 2.45) is 7.05 Å². The molecule has 0 unspecified atom stereocenters. The number of nitrogens with zero attached hydrogens (tertiary/aromatic N) is 3. The number of rotatable bonds is 5. The second-order valence-electron chi connectivity index (χ2n) is 7.57. The summed E-state index contributed by atoms with van der Waals surface area (Å²) in [5.41, 5.74) is 0.546. The standard InChI is InChI=1S/C22H18F4N4O3/c1-12-3-5-13(6-4-12)11-30-17(27-19-18(30)20(31)28-21(32)29(19)2)10-14-9-15(7-8-16(14)23)33-22(24,25)26/h3-9H,10-11H2,1-2H3,(H,28,31,32). The first-order chi connectivity index (χ1) is 15.5. The summed E-state index contributed by atoms with van der Waals surface area (Å²) in [5, 5.41) is 0. The molecule has 2 aromatic carbocycles. The van der Waals surface area contributed by atoms with E-state index in [1.165, 1.54) is 11.6 Å². The van der Waals surface area contributed by atoms with Gasteiger partial charge in [-0.15, -0.1) is 13.2 Å². The maximum atomic E-state index is 14.5. The van der Waals surface area contributed by atoms with Gasteiger partial charge in [-0.05, 0) is 36.2 Å². The predicted molar refractivity (Wildman–Crippen MR) is 112 cm³/mol. The van der Waals surface area contributed by atoms with Gasteiger partial charge in [0, 0.05) is 20.0 Å². The van der Waals surface area contributed by atoms with Crippen LogP contribution in [0.3, 0.4) is 0 Å². The number of halogens is 4. The molecule has 2 aromatic heterocycles. The molecule has 2 heterocycles. The maximum absolute atomic E-state index is 14.5. The van der Waals surface area contributed by atoms with Crippen LogP contribution in [0.4, 0.5) is 17.6 Å². The summed E-state index contributed by atoms with van der Waals surface area (Å²) in [4.78, 5) is 31.2. The summed E-state index contributed by atoms with van der Waals surface area (Å²) in [5.74, 6) is -1.15. The van der Waals surface area contributed by atoms with Crippen LogP contribution in [0.15, 0.2) is 52.1 Å². The lowest BCUT2D eigenvalue weighted by Crippen LogP contribution is -2.29.